The molecule has 1 aliphatic heterocycles. The third-order valence-electron chi connectivity index (χ3n) is 6.23. The van der Waals surface area contributed by atoms with Gasteiger partial charge in [-0.05, 0) is 60.8 Å². The van der Waals surface area contributed by atoms with Crippen LogP contribution in [-0.2, 0) is 10.0 Å². The molecular formula is C24H27FN2O5S. The molecule has 2 unspecified atom stereocenters. The summed E-state index contributed by atoms with van der Waals surface area (Å²) in [5.41, 5.74) is 0.694. The molecule has 2 aromatic rings. The summed E-state index contributed by atoms with van der Waals surface area (Å²) in [6, 6.07) is 6.58. The summed E-state index contributed by atoms with van der Waals surface area (Å²) in [6.07, 6.45) is 4.29. The van der Waals surface area contributed by atoms with Crippen LogP contribution in [0.3, 0.4) is 0 Å². The van der Waals surface area contributed by atoms with E-state index in [1.54, 1.807) is 18.2 Å². The van der Waals surface area contributed by atoms with Crippen LogP contribution in [0, 0.1) is 11.7 Å². The number of anilines is 1. The van der Waals surface area contributed by atoms with Gasteiger partial charge in [0.1, 0.15) is 17.1 Å². The summed E-state index contributed by atoms with van der Waals surface area (Å²) in [5, 5.41) is 9.81. The molecule has 1 fully saturated rings. The van der Waals surface area contributed by atoms with Gasteiger partial charge in [-0.25, -0.2) is 17.6 Å². The average molecular weight is 475 g/mol. The molecule has 2 atom stereocenters. The van der Waals surface area contributed by atoms with E-state index in [9.17, 15) is 22.7 Å². The number of likely N-dealkylation sites (N-methyl/N-ethyl adjacent to an activating group) is 1. The highest BCUT2D eigenvalue weighted by molar-refractivity contribution is 7.92. The summed E-state index contributed by atoms with van der Waals surface area (Å²) in [4.78, 5) is 14.0. The van der Waals surface area contributed by atoms with Gasteiger partial charge in [-0.15, -0.1) is 0 Å². The molecule has 9 heteroatoms. The first-order chi connectivity index (χ1) is 15.7. The Bertz CT molecular complexity index is 1210. The van der Waals surface area contributed by atoms with Gasteiger partial charge in [0.2, 0.25) is 0 Å². The SMILES string of the molecule is CCN(CC)CC=Cc1cc(F)ccc1S(=O)(=O)Nc1ccc2c(c1C(=O)O)OCC1CC21. The van der Waals surface area contributed by atoms with Crippen LogP contribution in [0.1, 0.15) is 47.7 Å². The van der Waals surface area contributed by atoms with E-state index in [-0.39, 0.29) is 33.4 Å². The number of aromatic carboxylic acids is 1. The van der Waals surface area contributed by atoms with Gasteiger partial charge in [0, 0.05) is 12.5 Å². The van der Waals surface area contributed by atoms with Crippen molar-refractivity contribution >= 4 is 27.8 Å². The number of rotatable bonds is 9. The van der Waals surface area contributed by atoms with Crippen LogP contribution >= 0.6 is 0 Å². The van der Waals surface area contributed by atoms with Crippen molar-refractivity contribution in [2.45, 2.75) is 31.1 Å². The number of fused-ring (bicyclic) bond motifs is 3. The number of ether oxygens (including phenoxy) is 1. The van der Waals surface area contributed by atoms with Crippen molar-refractivity contribution in [2.24, 2.45) is 5.92 Å². The van der Waals surface area contributed by atoms with Crippen LogP contribution in [0.5, 0.6) is 5.75 Å². The highest BCUT2D eigenvalue weighted by atomic mass is 32.2. The molecule has 7 nitrogen and oxygen atoms in total. The zero-order valence-corrected chi connectivity index (χ0v) is 19.4. The fourth-order valence-corrected chi connectivity index (χ4v) is 5.51. The number of sulfonamides is 1. The fraction of sp³-hybridized carbons (Fsp3) is 0.375. The average Bonchev–Trinajstić information content (AvgIpc) is 3.56. The van der Waals surface area contributed by atoms with Crippen LogP contribution < -0.4 is 9.46 Å². The van der Waals surface area contributed by atoms with E-state index in [0.717, 1.165) is 37.2 Å². The number of carboxylic acids is 1. The molecule has 0 saturated heterocycles. The van der Waals surface area contributed by atoms with Gasteiger partial charge in [-0.2, -0.15) is 0 Å². The summed E-state index contributed by atoms with van der Waals surface area (Å²) < 4.78 is 48.5. The first-order valence-electron chi connectivity index (χ1n) is 11.0. The molecule has 2 aliphatic rings. The third-order valence-corrected chi connectivity index (χ3v) is 7.67. The van der Waals surface area contributed by atoms with E-state index in [4.69, 9.17) is 4.74 Å². The first kappa shape index (κ1) is 23.3. The molecule has 4 rings (SSSR count). The van der Waals surface area contributed by atoms with Gasteiger partial charge in [0.15, 0.2) is 0 Å². The van der Waals surface area contributed by atoms with Crippen LogP contribution in [0.15, 0.2) is 41.3 Å². The molecule has 2 N–H and O–H groups in total. The maximum atomic E-state index is 13.9. The Morgan fingerprint density at radius 2 is 2.03 bits per heavy atom. The lowest BCUT2D eigenvalue weighted by atomic mass is 10.0. The zero-order chi connectivity index (χ0) is 23.8. The van der Waals surface area contributed by atoms with Crippen LogP contribution in [0.25, 0.3) is 6.08 Å². The minimum atomic E-state index is -4.21. The standard InChI is InChI=1S/C24H27FN2O5S/c1-3-27(4-2)11-5-6-15-12-17(25)7-10-21(15)33(30,31)26-20-9-8-18-19-13-16(19)14-32-23(18)22(20)24(28)29/h5-10,12,16,19,26H,3-4,11,13-14H2,1-2H3,(H,28,29). The normalized spacial score (nSPS) is 19.2. The van der Waals surface area contributed by atoms with E-state index in [1.807, 2.05) is 13.8 Å². The molecule has 1 saturated carbocycles. The Morgan fingerprint density at radius 3 is 2.73 bits per heavy atom. The highest BCUT2D eigenvalue weighted by Crippen LogP contribution is 2.55. The second-order valence-corrected chi connectivity index (χ2v) is 9.95. The van der Waals surface area contributed by atoms with E-state index < -0.39 is 21.8 Å². The lowest BCUT2D eigenvalue weighted by Crippen LogP contribution is -2.22. The summed E-state index contributed by atoms with van der Waals surface area (Å²) >= 11 is 0. The molecule has 0 radical (unpaired) electrons. The van der Waals surface area contributed by atoms with Crippen molar-refractivity contribution in [3.8, 4) is 5.75 Å². The van der Waals surface area contributed by atoms with Crippen molar-refractivity contribution in [1.29, 1.82) is 0 Å². The Labute approximate surface area is 192 Å². The molecule has 1 aliphatic carbocycles. The predicted octanol–water partition coefficient (Wildman–Crippen LogP) is 4.18. The molecule has 0 spiro atoms. The van der Waals surface area contributed by atoms with Gasteiger partial charge in [-0.1, -0.05) is 32.1 Å². The fourth-order valence-electron chi connectivity index (χ4n) is 4.25. The van der Waals surface area contributed by atoms with Crippen LogP contribution in [0.4, 0.5) is 10.1 Å². The van der Waals surface area contributed by atoms with Gasteiger partial charge < -0.3 is 14.7 Å². The molecule has 2 aromatic carbocycles. The molecule has 33 heavy (non-hydrogen) atoms. The third kappa shape index (κ3) is 4.74. The largest absolute Gasteiger partial charge is 0.492 e. The number of carboxylic acid groups (broad SMARTS) is 1. The molecule has 0 bridgehead atoms. The molecular weight excluding hydrogens is 447 g/mol. The second-order valence-electron chi connectivity index (χ2n) is 8.30. The molecule has 1 heterocycles. The predicted molar refractivity (Wildman–Crippen MR) is 124 cm³/mol. The smallest absolute Gasteiger partial charge is 0.341 e. The number of benzene rings is 2. The van der Waals surface area contributed by atoms with Gasteiger partial charge in [0.05, 0.1) is 17.2 Å². The van der Waals surface area contributed by atoms with E-state index in [0.29, 0.717) is 19.1 Å². The number of nitrogens with one attached hydrogen (secondary N) is 1. The van der Waals surface area contributed by atoms with Crippen molar-refractivity contribution in [3.05, 3.63) is 58.9 Å². The van der Waals surface area contributed by atoms with E-state index in [1.165, 1.54) is 12.1 Å². The number of halogens is 1. The van der Waals surface area contributed by atoms with Gasteiger partial charge in [-0.3, -0.25) is 4.72 Å². The number of carbonyl (C=O) groups is 1. The minimum absolute atomic E-state index is 0.0808. The van der Waals surface area contributed by atoms with Crippen LogP contribution in [-0.4, -0.2) is 50.6 Å². The van der Waals surface area contributed by atoms with Crippen LogP contribution in [0.2, 0.25) is 0 Å². The highest BCUT2D eigenvalue weighted by Gasteiger charge is 2.45. The quantitative estimate of drug-likeness (QED) is 0.566. The summed E-state index contributed by atoms with van der Waals surface area (Å²) in [6.45, 7) is 6.71. The second kappa shape index (κ2) is 9.15. The Balaban J connectivity index is 1.68. The maximum Gasteiger partial charge on any atom is 0.341 e. The number of nitrogens with zero attached hydrogens (tertiary/aromatic N) is 1. The molecule has 176 valence electrons. The van der Waals surface area contributed by atoms with Gasteiger partial charge in [0.25, 0.3) is 10.0 Å². The Hall–Kier alpha value is -2.91. The molecule has 0 aromatic heterocycles. The summed E-state index contributed by atoms with van der Waals surface area (Å²) in [7, 11) is -4.21. The van der Waals surface area contributed by atoms with E-state index >= 15 is 0 Å². The van der Waals surface area contributed by atoms with Crippen molar-refractivity contribution < 1.29 is 27.4 Å². The first-order valence-corrected chi connectivity index (χ1v) is 12.5. The lowest BCUT2D eigenvalue weighted by molar-refractivity contribution is 0.0692. The lowest BCUT2D eigenvalue weighted by Gasteiger charge is -2.21. The summed E-state index contributed by atoms with van der Waals surface area (Å²) in [5.74, 6) is -0.963. The Morgan fingerprint density at radius 1 is 1.27 bits per heavy atom. The van der Waals surface area contributed by atoms with E-state index in [2.05, 4.69) is 9.62 Å². The number of hydrogen-bond acceptors (Lipinski definition) is 5. The molecule has 0 amide bonds. The Kier molecular flexibility index (Phi) is 6.45. The minimum Gasteiger partial charge on any atom is -0.492 e. The maximum absolute atomic E-state index is 13.9. The zero-order valence-electron chi connectivity index (χ0n) is 18.5. The van der Waals surface area contributed by atoms with Crippen molar-refractivity contribution in [1.82, 2.24) is 4.90 Å². The van der Waals surface area contributed by atoms with Gasteiger partial charge >= 0.3 is 5.97 Å². The monoisotopic (exact) mass is 474 g/mol. The van der Waals surface area contributed by atoms with Crippen molar-refractivity contribution in [2.75, 3.05) is 31.0 Å². The number of hydrogen-bond donors (Lipinski definition) is 2. The topological polar surface area (TPSA) is 95.9 Å². The van der Waals surface area contributed by atoms with Crippen molar-refractivity contribution in [3.63, 3.8) is 0 Å².